The average molecular weight is 496 g/mol. The quantitative estimate of drug-likeness (QED) is 0.386. The number of ether oxygens (including phenoxy) is 1. The summed E-state index contributed by atoms with van der Waals surface area (Å²) in [4.78, 5) is 28.6. The first-order chi connectivity index (χ1) is 16.3. The van der Waals surface area contributed by atoms with Gasteiger partial charge in [-0.2, -0.15) is 0 Å². The number of amidine groups is 1. The van der Waals surface area contributed by atoms with Gasteiger partial charge in [-0.3, -0.25) is 4.79 Å². The lowest BCUT2D eigenvalue weighted by Gasteiger charge is -2.29. The molecule has 0 bridgehead atoms. The van der Waals surface area contributed by atoms with E-state index in [1.165, 1.54) is 18.2 Å². The van der Waals surface area contributed by atoms with Crippen LogP contribution < -0.4 is 10.6 Å². The highest BCUT2D eigenvalue weighted by Crippen LogP contribution is 2.29. The number of carbonyl (C=O) groups is 2. The summed E-state index contributed by atoms with van der Waals surface area (Å²) in [6.07, 6.45) is 2.74. The molecule has 2 N–H and O–H groups in total. The van der Waals surface area contributed by atoms with Crippen LogP contribution >= 0.6 is 11.6 Å². The van der Waals surface area contributed by atoms with Crippen LogP contribution in [0.3, 0.4) is 0 Å². The van der Waals surface area contributed by atoms with Gasteiger partial charge in [-0.05, 0) is 68.9 Å². The molecule has 1 fully saturated rings. The Balaban J connectivity index is 1.74. The van der Waals surface area contributed by atoms with Crippen LogP contribution in [0.25, 0.3) is 0 Å². The number of amides is 2. The van der Waals surface area contributed by atoms with E-state index in [2.05, 4.69) is 15.6 Å². The summed E-state index contributed by atoms with van der Waals surface area (Å²) in [5, 5.41) is 5.31. The van der Waals surface area contributed by atoms with E-state index in [0.29, 0.717) is 25.9 Å². The summed E-state index contributed by atoms with van der Waals surface area (Å²) in [6, 6.07) is 7.11. The Kier molecular flexibility index (Phi) is 8.92. The standard InChI is InChI=1S/C24H25ClF3N3O3/c1-2-34-24(33)29-16-9-6-14(7-10-16)12-21(30-20-5-3-4-17(25)22(20)28)31-23(32)15-8-11-18(26)19(27)13-15/h3-5,8,11,13-14,16H,2,6-7,9-10,12H2,1H3,(H,29,33)(H,30,31,32). The van der Waals surface area contributed by atoms with Crippen molar-refractivity contribution < 1.29 is 27.5 Å². The van der Waals surface area contributed by atoms with Gasteiger partial charge in [0, 0.05) is 18.0 Å². The van der Waals surface area contributed by atoms with Gasteiger partial charge in [0.2, 0.25) is 0 Å². The number of halogens is 4. The molecule has 0 saturated heterocycles. The zero-order chi connectivity index (χ0) is 24.7. The van der Waals surface area contributed by atoms with Crippen molar-refractivity contribution in [3.05, 3.63) is 64.4 Å². The molecule has 2 aromatic carbocycles. The monoisotopic (exact) mass is 495 g/mol. The molecule has 0 spiro atoms. The molecule has 0 heterocycles. The molecule has 1 saturated carbocycles. The summed E-state index contributed by atoms with van der Waals surface area (Å²) < 4.78 is 46.2. The first kappa shape index (κ1) is 25.6. The zero-order valence-corrected chi connectivity index (χ0v) is 19.3. The van der Waals surface area contributed by atoms with E-state index in [1.54, 1.807) is 6.92 Å². The van der Waals surface area contributed by atoms with Crippen molar-refractivity contribution in [2.45, 2.75) is 45.1 Å². The van der Waals surface area contributed by atoms with Gasteiger partial charge < -0.3 is 15.4 Å². The van der Waals surface area contributed by atoms with Crippen LogP contribution in [0, 0.1) is 23.4 Å². The molecule has 10 heteroatoms. The van der Waals surface area contributed by atoms with Crippen LogP contribution in [0.15, 0.2) is 41.4 Å². The lowest BCUT2D eigenvalue weighted by Crippen LogP contribution is -2.39. The number of carbonyl (C=O) groups excluding carboxylic acids is 2. The van der Waals surface area contributed by atoms with E-state index >= 15 is 0 Å². The van der Waals surface area contributed by atoms with Crippen molar-refractivity contribution in [1.29, 1.82) is 0 Å². The van der Waals surface area contributed by atoms with E-state index < -0.39 is 29.5 Å². The van der Waals surface area contributed by atoms with Crippen LogP contribution in [-0.4, -0.2) is 30.5 Å². The van der Waals surface area contributed by atoms with Gasteiger partial charge in [0.05, 0.1) is 11.6 Å². The van der Waals surface area contributed by atoms with Crippen LogP contribution in [0.5, 0.6) is 0 Å². The minimum Gasteiger partial charge on any atom is -0.450 e. The maximum Gasteiger partial charge on any atom is 0.407 e. The molecular formula is C24H25ClF3N3O3. The topological polar surface area (TPSA) is 79.8 Å². The normalized spacial score (nSPS) is 18.3. The summed E-state index contributed by atoms with van der Waals surface area (Å²) in [5.74, 6) is -3.37. The molecule has 1 aliphatic rings. The summed E-state index contributed by atoms with van der Waals surface area (Å²) >= 11 is 5.85. The largest absolute Gasteiger partial charge is 0.450 e. The number of nitrogens with zero attached hydrogens (tertiary/aromatic N) is 1. The van der Waals surface area contributed by atoms with Gasteiger partial charge in [-0.15, -0.1) is 0 Å². The number of hydrogen-bond donors (Lipinski definition) is 2. The van der Waals surface area contributed by atoms with Crippen molar-refractivity contribution in [2.24, 2.45) is 10.9 Å². The maximum absolute atomic E-state index is 14.4. The molecule has 2 amide bonds. The third-order valence-electron chi connectivity index (χ3n) is 5.55. The second-order valence-electron chi connectivity index (χ2n) is 8.00. The minimum absolute atomic E-state index is 0.0159. The van der Waals surface area contributed by atoms with Crippen molar-refractivity contribution in [2.75, 3.05) is 6.61 Å². The Morgan fingerprint density at radius 1 is 1.09 bits per heavy atom. The molecule has 3 rings (SSSR count). The predicted molar refractivity (Wildman–Crippen MR) is 123 cm³/mol. The zero-order valence-electron chi connectivity index (χ0n) is 18.5. The number of aliphatic imine (C=N–C) groups is 1. The Morgan fingerprint density at radius 3 is 2.50 bits per heavy atom. The number of nitrogens with one attached hydrogen (secondary N) is 2. The van der Waals surface area contributed by atoms with Crippen LogP contribution in [0.1, 0.15) is 49.4 Å². The lowest BCUT2D eigenvalue weighted by atomic mass is 9.84. The summed E-state index contributed by atoms with van der Waals surface area (Å²) in [7, 11) is 0. The Bertz CT molecular complexity index is 1070. The molecule has 2 aromatic rings. The fourth-order valence-corrected chi connectivity index (χ4v) is 3.98. The van der Waals surface area contributed by atoms with E-state index in [1.807, 2.05) is 0 Å². The van der Waals surface area contributed by atoms with Gasteiger partial charge in [0.25, 0.3) is 5.91 Å². The molecule has 0 atom stereocenters. The first-order valence-corrected chi connectivity index (χ1v) is 11.4. The van der Waals surface area contributed by atoms with Gasteiger partial charge in [0.1, 0.15) is 11.5 Å². The molecular weight excluding hydrogens is 471 g/mol. The van der Waals surface area contributed by atoms with Crippen molar-refractivity contribution in [3.63, 3.8) is 0 Å². The van der Waals surface area contributed by atoms with Crippen molar-refractivity contribution >= 4 is 35.1 Å². The number of rotatable bonds is 6. The number of benzene rings is 2. The SMILES string of the molecule is CCOC(=O)NC1CCC(CC(=Nc2cccc(Cl)c2F)NC(=O)c2ccc(F)c(F)c2)CC1. The summed E-state index contributed by atoms with van der Waals surface area (Å²) in [5.41, 5.74) is -0.147. The van der Waals surface area contributed by atoms with Gasteiger partial charge in [-0.1, -0.05) is 17.7 Å². The van der Waals surface area contributed by atoms with E-state index in [-0.39, 0.29) is 34.1 Å². The molecule has 1 aliphatic carbocycles. The Morgan fingerprint density at radius 2 is 1.82 bits per heavy atom. The predicted octanol–water partition coefficient (Wildman–Crippen LogP) is 5.91. The Labute approximate surface area is 200 Å². The maximum atomic E-state index is 14.4. The average Bonchev–Trinajstić information content (AvgIpc) is 2.80. The van der Waals surface area contributed by atoms with Gasteiger partial charge in [0.15, 0.2) is 17.5 Å². The highest BCUT2D eigenvalue weighted by molar-refractivity contribution is 6.31. The van der Waals surface area contributed by atoms with Gasteiger partial charge >= 0.3 is 6.09 Å². The molecule has 0 unspecified atom stereocenters. The molecule has 6 nitrogen and oxygen atoms in total. The van der Waals surface area contributed by atoms with Crippen LogP contribution in [-0.2, 0) is 4.74 Å². The highest BCUT2D eigenvalue weighted by Gasteiger charge is 2.25. The molecule has 0 radical (unpaired) electrons. The highest BCUT2D eigenvalue weighted by atomic mass is 35.5. The van der Waals surface area contributed by atoms with Crippen LogP contribution in [0.4, 0.5) is 23.7 Å². The second kappa shape index (κ2) is 11.9. The molecule has 0 aromatic heterocycles. The van der Waals surface area contributed by atoms with E-state index in [0.717, 1.165) is 31.0 Å². The molecule has 0 aliphatic heterocycles. The van der Waals surface area contributed by atoms with E-state index in [9.17, 15) is 22.8 Å². The molecule has 182 valence electrons. The van der Waals surface area contributed by atoms with Crippen molar-refractivity contribution in [1.82, 2.24) is 10.6 Å². The van der Waals surface area contributed by atoms with Crippen molar-refractivity contribution in [3.8, 4) is 0 Å². The second-order valence-corrected chi connectivity index (χ2v) is 8.41. The van der Waals surface area contributed by atoms with E-state index in [4.69, 9.17) is 16.3 Å². The number of hydrogen-bond acceptors (Lipinski definition) is 4. The first-order valence-electron chi connectivity index (χ1n) is 11.0. The fraction of sp³-hybridized carbons (Fsp3) is 0.375. The van der Waals surface area contributed by atoms with Crippen LogP contribution in [0.2, 0.25) is 5.02 Å². The number of alkyl carbamates (subject to hydrolysis) is 1. The third kappa shape index (κ3) is 6.96. The van der Waals surface area contributed by atoms with Gasteiger partial charge in [-0.25, -0.2) is 23.0 Å². The minimum atomic E-state index is -1.15. The summed E-state index contributed by atoms with van der Waals surface area (Å²) in [6.45, 7) is 2.02. The molecule has 34 heavy (non-hydrogen) atoms. The Hall–Kier alpha value is -3.07. The lowest BCUT2D eigenvalue weighted by molar-refractivity contribution is 0.0974. The fourth-order valence-electron chi connectivity index (χ4n) is 3.81. The third-order valence-corrected chi connectivity index (χ3v) is 5.84. The smallest absolute Gasteiger partial charge is 0.407 e.